The van der Waals surface area contributed by atoms with Crippen LogP contribution >= 0.6 is 23.2 Å². The van der Waals surface area contributed by atoms with Crippen molar-refractivity contribution in [2.24, 2.45) is 5.41 Å². The summed E-state index contributed by atoms with van der Waals surface area (Å²) < 4.78 is 2.18. The Hall–Kier alpha value is -0.800. The van der Waals surface area contributed by atoms with E-state index >= 15 is 0 Å². The van der Waals surface area contributed by atoms with Gasteiger partial charge in [0, 0.05) is 12.7 Å². The number of imidazole rings is 1. The molecule has 1 saturated carbocycles. The van der Waals surface area contributed by atoms with Gasteiger partial charge in [0.2, 0.25) is 0 Å². The summed E-state index contributed by atoms with van der Waals surface area (Å²) in [6.45, 7) is 5.16. The minimum Gasteiger partial charge on any atom is -0.311 e. The highest BCUT2D eigenvalue weighted by Crippen LogP contribution is 2.50. The maximum Gasteiger partial charge on any atom is 0.160 e. The zero-order valence-corrected chi connectivity index (χ0v) is 12.7. The van der Waals surface area contributed by atoms with Crippen molar-refractivity contribution >= 4 is 34.4 Å². The topological polar surface area (TPSA) is 30.7 Å². The lowest BCUT2D eigenvalue weighted by molar-refractivity contribution is 0.406. The molecule has 1 aliphatic rings. The number of halogens is 2. The van der Waals surface area contributed by atoms with Crippen molar-refractivity contribution in [1.82, 2.24) is 14.5 Å². The Labute approximate surface area is 122 Å². The van der Waals surface area contributed by atoms with Gasteiger partial charge in [0.1, 0.15) is 11.3 Å². The maximum atomic E-state index is 6.27. The van der Waals surface area contributed by atoms with Gasteiger partial charge in [-0.1, -0.05) is 18.5 Å². The van der Waals surface area contributed by atoms with Crippen LogP contribution in [0.4, 0.5) is 0 Å². The van der Waals surface area contributed by atoms with E-state index in [0.29, 0.717) is 10.4 Å². The van der Waals surface area contributed by atoms with Gasteiger partial charge in [-0.25, -0.2) is 9.97 Å². The van der Waals surface area contributed by atoms with Gasteiger partial charge in [0.25, 0.3) is 0 Å². The average molecular weight is 298 g/mol. The van der Waals surface area contributed by atoms with Gasteiger partial charge in [0.05, 0.1) is 10.4 Å². The number of fused-ring (bicyclic) bond motifs is 1. The monoisotopic (exact) mass is 297 g/mol. The van der Waals surface area contributed by atoms with Gasteiger partial charge >= 0.3 is 0 Å². The van der Waals surface area contributed by atoms with Crippen LogP contribution < -0.4 is 0 Å². The molecule has 0 aliphatic heterocycles. The molecule has 3 rings (SSSR count). The van der Waals surface area contributed by atoms with Crippen LogP contribution in [0, 0.1) is 5.41 Å². The zero-order chi connectivity index (χ0) is 13.6. The lowest BCUT2D eigenvalue weighted by atomic mass is 10.0. The third-order valence-electron chi connectivity index (χ3n) is 4.14. The van der Waals surface area contributed by atoms with Crippen molar-refractivity contribution in [3.63, 3.8) is 0 Å². The lowest BCUT2D eigenvalue weighted by Gasteiger charge is -2.16. The van der Waals surface area contributed by atoms with Crippen LogP contribution in [0.2, 0.25) is 5.02 Å². The van der Waals surface area contributed by atoms with Crippen molar-refractivity contribution in [1.29, 1.82) is 0 Å². The SMILES string of the molecule is CCC1(Cn2c(C(C)Cl)nc3cc(Cl)cnc32)CC1. The van der Waals surface area contributed by atoms with Gasteiger partial charge in [-0.2, -0.15) is 0 Å². The summed E-state index contributed by atoms with van der Waals surface area (Å²) in [6.07, 6.45) is 5.44. The molecule has 1 aliphatic carbocycles. The number of hydrogen-bond donors (Lipinski definition) is 0. The normalized spacial score (nSPS) is 18.7. The predicted molar refractivity (Wildman–Crippen MR) is 78.8 cm³/mol. The molecule has 2 heterocycles. The molecular weight excluding hydrogens is 281 g/mol. The molecule has 2 aromatic rings. The standard InChI is InChI=1S/C14H17Cl2N3/c1-3-14(4-5-14)8-19-12(9(2)15)18-11-6-10(16)7-17-13(11)19/h6-7,9H,3-5,8H2,1-2H3. The second-order valence-corrected chi connectivity index (χ2v) is 6.61. The number of nitrogens with zero attached hydrogens (tertiary/aromatic N) is 3. The van der Waals surface area contributed by atoms with Crippen LogP contribution in [-0.4, -0.2) is 14.5 Å². The first-order chi connectivity index (χ1) is 9.04. The summed E-state index contributed by atoms with van der Waals surface area (Å²) in [5, 5.41) is 0.489. The Morgan fingerprint density at radius 2 is 2.21 bits per heavy atom. The fraction of sp³-hybridized carbons (Fsp3) is 0.571. The van der Waals surface area contributed by atoms with E-state index in [0.717, 1.165) is 23.5 Å². The summed E-state index contributed by atoms with van der Waals surface area (Å²) in [5.74, 6) is 0.895. The third-order valence-corrected chi connectivity index (χ3v) is 4.54. The van der Waals surface area contributed by atoms with E-state index in [1.807, 2.05) is 13.0 Å². The van der Waals surface area contributed by atoms with E-state index in [2.05, 4.69) is 21.5 Å². The molecule has 5 heteroatoms. The molecule has 0 saturated heterocycles. The van der Waals surface area contributed by atoms with Gasteiger partial charge < -0.3 is 4.57 Å². The summed E-state index contributed by atoms with van der Waals surface area (Å²) in [5.41, 5.74) is 2.16. The summed E-state index contributed by atoms with van der Waals surface area (Å²) in [4.78, 5) is 9.04. The van der Waals surface area contributed by atoms with E-state index in [9.17, 15) is 0 Å². The summed E-state index contributed by atoms with van der Waals surface area (Å²) >= 11 is 12.3. The second kappa shape index (κ2) is 4.64. The van der Waals surface area contributed by atoms with Crippen LogP contribution in [0.15, 0.2) is 12.3 Å². The first-order valence-corrected chi connectivity index (χ1v) is 7.52. The Morgan fingerprint density at radius 1 is 1.47 bits per heavy atom. The van der Waals surface area contributed by atoms with Crippen LogP contribution in [0.3, 0.4) is 0 Å². The number of aromatic nitrogens is 3. The molecular formula is C14H17Cl2N3. The number of rotatable bonds is 4. The van der Waals surface area contributed by atoms with Gasteiger partial charge in [-0.05, 0) is 37.7 Å². The highest BCUT2D eigenvalue weighted by atomic mass is 35.5. The van der Waals surface area contributed by atoms with Gasteiger partial charge in [-0.3, -0.25) is 0 Å². The highest BCUT2D eigenvalue weighted by Gasteiger charge is 2.41. The molecule has 1 fully saturated rings. The molecule has 2 aromatic heterocycles. The van der Waals surface area contributed by atoms with Gasteiger partial charge in [0.15, 0.2) is 5.65 Å². The number of hydrogen-bond acceptors (Lipinski definition) is 2. The smallest absolute Gasteiger partial charge is 0.160 e. The lowest BCUT2D eigenvalue weighted by Crippen LogP contribution is -2.14. The largest absolute Gasteiger partial charge is 0.311 e. The van der Waals surface area contributed by atoms with Gasteiger partial charge in [-0.15, -0.1) is 11.6 Å². The molecule has 1 unspecified atom stereocenters. The molecule has 102 valence electrons. The third kappa shape index (κ3) is 2.34. The molecule has 0 spiro atoms. The predicted octanol–water partition coefficient (Wildman–Crippen LogP) is 4.57. The minimum absolute atomic E-state index is 0.124. The number of alkyl halides is 1. The van der Waals surface area contributed by atoms with E-state index in [4.69, 9.17) is 23.2 Å². The van der Waals surface area contributed by atoms with Crippen LogP contribution in [0.1, 0.15) is 44.3 Å². The Kier molecular flexibility index (Phi) is 3.22. The fourth-order valence-corrected chi connectivity index (χ4v) is 2.92. The van der Waals surface area contributed by atoms with Crippen molar-refractivity contribution in [2.75, 3.05) is 0 Å². The molecule has 1 atom stereocenters. The first kappa shape index (κ1) is 13.2. The van der Waals surface area contributed by atoms with Crippen LogP contribution in [0.5, 0.6) is 0 Å². The van der Waals surface area contributed by atoms with Crippen molar-refractivity contribution in [3.05, 3.63) is 23.1 Å². The van der Waals surface area contributed by atoms with Crippen molar-refractivity contribution in [2.45, 2.75) is 45.0 Å². The fourth-order valence-electron chi connectivity index (χ4n) is 2.60. The quantitative estimate of drug-likeness (QED) is 0.774. The zero-order valence-electron chi connectivity index (χ0n) is 11.2. The van der Waals surface area contributed by atoms with E-state index < -0.39 is 0 Å². The van der Waals surface area contributed by atoms with Crippen LogP contribution in [0.25, 0.3) is 11.2 Å². The van der Waals surface area contributed by atoms with Crippen molar-refractivity contribution < 1.29 is 0 Å². The number of pyridine rings is 1. The molecule has 3 nitrogen and oxygen atoms in total. The molecule has 19 heavy (non-hydrogen) atoms. The van der Waals surface area contributed by atoms with E-state index in [1.165, 1.54) is 19.3 Å². The van der Waals surface area contributed by atoms with E-state index in [-0.39, 0.29) is 5.38 Å². The molecule has 0 aromatic carbocycles. The van der Waals surface area contributed by atoms with Crippen molar-refractivity contribution in [3.8, 4) is 0 Å². The highest BCUT2D eigenvalue weighted by molar-refractivity contribution is 6.31. The average Bonchev–Trinajstić information content (AvgIpc) is 3.06. The van der Waals surface area contributed by atoms with E-state index in [1.54, 1.807) is 6.20 Å². The van der Waals surface area contributed by atoms with Crippen LogP contribution in [-0.2, 0) is 6.54 Å². The molecule has 0 amide bonds. The molecule has 0 radical (unpaired) electrons. The molecule has 0 bridgehead atoms. The Balaban J connectivity index is 2.11. The maximum absolute atomic E-state index is 6.27. The summed E-state index contributed by atoms with van der Waals surface area (Å²) in [7, 11) is 0. The minimum atomic E-state index is -0.124. The first-order valence-electron chi connectivity index (χ1n) is 6.70. The second-order valence-electron chi connectivity index (χ2n) is 5.52. The molecule has 0 N–H and O–H groups in total. The summed E-state index contributed by atoms with van der Waals surface area (Å²) in [6, 6.07) is 1.86. The Bertz CT molecular complexity index is 614. The Morgan fingerprint density at radius 3 is 2.79 bits per heavy atom.